The molecule has 1 heterocycles. The molecule has 0 radical (unpaired) electrons. The van der Waals surface area contributed by atoms with Crippen LogP contribution in [-0.4, -0.2) is 35.5 Å². The van der Waals surface area contributed by atoms with E-state index in [1.807, 2.05) is 56.9 Å². The van der Waals surface area contributed by atoms with Crippen LogP contribution < -0.4 is 10.6 Å². The van der Waals surface area contributed by atoms with Crippen molar-refractivity contribution in [2.24, 2.45) is 5.92 Å². The molecule has 2 N–H and O–H groups in total. The van der Waals surface area contributed by atoms with Crippen molar-refractivity contribution in [3.05, 3.63) is 41.1 Å². The molecular formula is C20H27N3O3S. The standard InChI is InChI=1S/C20H27N3O3S/c1-6-15-16(19(25)26-5)17(22-20(27)23(15)7-2)13-8-10-14(11-9-13)21-18(24)12(3)4/h8-12,17H,6-7H2,1-5H3,(H,21,24)(H,22,27). The molecule has 0 bridgehead atoms. The van der Waals surface area contributed by atoms with Gasteiger partial charge in [0.05, 0.1) is 18.7 Å². The summed E-state index contributed by atoms with van der Waals surface area (Å²) in [7, 11) is 1.38. The van der Waals surface area contributed by atoms with Crippen LogP contribution in [0.1, 0.15) is 45.7 Å². The van der Waals surface area contributed by atoms with Crippen LogP contribution >= 0.6 is 12.2 Å². The highest BCUT2D eigenvalue weighted by Crippen LogP contribution is 2.33. The van der Waals surface area contributed by atoms with Crippen molar-refractivity contribution in [2.45, 2.75) is 40.2 Å². The second-order valence-corrected chi connectivity index (χ2v) is 6.98. The number of nitrogens with zero attached hydrogens (tertiary/aromatic N) is 1. The van der Waals surface area contributed by atoms with Crippen molar-refractivity contribution in [3.8, 4) is 0 Å². The van der Waals surface area contributed by atoms with Crippen LogP contribution in [-0.2, 0) is 14.3 Å². The van der Waals surface area contributed by atoms with E-state index in [0.717, 1.165) is 11.3 Å². The average molecular weight is 390 g/mol. The van der Waals surface area contributed by atoms with E-state index in [4.69, 9.17) is 17.0 Å². The number of methoxy groups -OCH3 is 1. The number of hydrogen-bond acceptors (Lipinski definition) is 4. The number of carbonyl (C=O) groups excluding carboxylic acids is 2. The molecule has 1 atom stereocenters. The number of benzene rings is 1. The van der Waals surface area contributed by atoms with E-state index in [1.165, 1.54) is 7.11 Å². The molecule has 0 saturated carbocycles. The van der Waals surface area contributed by atoms with Gasteiger partial charge in [0.15, 0.2) is 5.11 Å². The van der Waals surface area contributed by atoms with Crippen LogP contribution in [0, 0.1) is 5.92 Å². The summed E-state index contributed by atoms with van der Waals surface area (Å²) in [5, 5.41) is 6.70. The third kappa shape index (κ3) is 4.47. The van der Waals surface area contributed by atoms with Crippen LogP contribution in [0.4, 0.5) is 5.69 Å². The minimum atomic E-state index is -0.391. The Labute approximate surface area is 166 Å². The third-order valence-corrected chi connectivity index (χ3v) is 4.87. The first-order valence-electron chi connectivity index (χ1n) is 9.14. The maximum atomic E-state index is 12.5. The molecule has 146 valence electrons. The molecule has 1 aliphatic heterocycles. The summed E-state index contributed by atoms with van der Waals surface area (Å²) in [4.78, 5) is 26.3. The van der Waals surface area contributed by atoms with Gasteiger partial charge in [0, 0.05) is 23.8 Å². The molecule has 7 heteroatoms. The number of hydrogen-bond donors (Lipinski definition) is 2. The molecule has 27 heavy (non-hydrogen) atoms. The highest BCUT2D eigenvalue weighted by atomic mass is 32.1. The fourth-order valence-corrected chi connectivity index (χ4v) is 3.42. The van der Waals surface area contributed by atoms with E-state index in [0.29, 0.717) is 29.3 Å². The topological polar surface area (TPSA) is 70.7 Å². The SMILES string of the molecule is CCC1=C(C(=O)OC)C(c2ccc(NC(=O)C(C)C)cc2)NC(=S)N1CC. The molecule has 0 aromatic heterocycles. The first kappa shape index (κ1) is 20.9. The maximum Gasteiger partial charge on any atom is 0.337 e. The van der Waals surface area contributed by atoms with E-state index < -0.39 is 6.04 Å². The molecule has 1 amide bonds. The van der Waals surface area contributed by atoms with E-state index in [9.17, 15) is 9.59 Å². The summed E-state index contributed by atoms with van der Waals surface area (Å²) in [5.74, 6) is -0.507. The normalized spacial score (nSPS) is 17.0. The lowest BCUT2D eigenvalue weighted by molar-refractivity contribution is -0.136. The Morgan fingerprint density at radius 1 is 1.26 bits per heavy atom. The van der Waals surface area contributed by atoms with Crippen LogP contribution in [0.5, 0.6) is 0 Å². The number of nitrogens with one attached hydrogen (secondary N) is 2. The Kier molecular flexibility index (Phi) is 6.96. The van der Waals surface area contributed by atoms with E-state index >= 15 is 0 Å². The van der Waals surface area contributed by atoms with Crippen molar-refractivity contribution in [1.29, 1.82) is 0 Å². The van der Waals surface area contributed by atoms with Crippen molar-refractivity contribution >= 4 is 34.9 Å². The number of carbonyl (C=O) groups is 2. The highest BCUT2D eigenvalue weighted by molar-refractivity contribution is 7.80. The lowest BCUT2D eigenvalue weighted by atomic mass is 9.93. The zero-order chi connectivity index (χ0) is 20.1. The number of esters is 1. The van der Waals surface area contributed by atoms with Gasteiger partial charge in [0.1, 0.15) is 0 Å². The monoisotopic (exact) mass is 389 g/mol. The lowest BCUT2D eigenvalue weighted by Gasteiger charge is -2.38. The molecule has 0 aliphatic carbocycles. The Balaban J connectivity index is 2.41. The number of allylic oxidation sites excluding steroid dienone is 1. The zero-order valence-electron chi connectivity index (χ0n) is 16.5. The van der Waals surface area contributed by atoms with E-state index in [2.05, 4.69) is 10.6 Å². The number of amides is 1. The maximum absolute atomic E-state index is 12.5. The van der Waals surface area contributed by atoms with E-state index in [-0.39, 0.29) is 17.8 Å². The van der Waals surface area contributed by atoms with Gasteiger partial charge in [-0.25, -0.2) is 4.79 Å². The fourth-order valence-electron chi connectivity index (χ4n) is 3.07. The molecule has 1 unspecified atom stereocenters. The van der Waals surface area contributed by atoms with Gasteiger partial charge in [-0.1, -0.05) is 32.9 Å². The predicted octanol–water partition coefficient (Wildman–Crippen LogP) is 3.37. The van der Waals surface area contributed by atoms with Gasteiger partial charge in [-0.3, -0.25) is 4.79 Å². The fraction of sp³-hybridized carbons (Fsp3) is 0.450. The van der Waals surface area contributed by atoms with Crippen molar-refractivity contribution in [3.63, 3.8) is 0 Å². The molecule has 1 aromatic carbocycles. The van der Waals surface area contributed by atoms with Gasteiger partial charge in [0.2, 0.25) is 5.91 Å². The lowest BCUT2D eigenvalue weighted by Crippen LogP contribution is -2.48. The summed E-state index contributed by atoms with van der Waals surface area (Å²) in [6, 6.07) is 7.03. The van der Waals surface area contributed by atoms with Crippen LogP contribution in [0.25, 0.3) is 0 Å². The van der Waals surface area contributed by atoms with Crippen LogP contribution in [0.2, 0.25) is 0 Å². The Hall–Kier alpha value is -2.41. The van der Waals surface area contributed by atoms with E-state index in [1.54, 1.807) is 0 Å². The summed E-state index contributed by atoms with van der Waals surface area (Å²) in [6.07, 6.45) is 0.666. The molecule has 6 nitrogen and oxygen atoms in total. The molecule has 0 saturated heterocycles. The second-order valence-electron chi connectivity index (χ2n) is 6.60. The average Bonchev–Trinajstić information content (AvgIpc) is 2.66. The molecule has 1 aliphatic rings. The summed E-state index contributed by atoms with van der Waals surface area (Å²) >= 11 is 5.51. The largest absolute Gasteiger partial charge is 0.466 e. The highest BCUT2D eigenvalue weighted by Gasteiger charge is 2.34. The molecule has 2 rings (SSSR count). The first-order valence-corrected chi connectivity index (χ1v) is 9.54. The van der Waals surface area contributed by atoms with Crippen molar-refractivity contribution < 1.29 is 14.3 Å². The smallest absolute Gasteiger partial charge is 0.337 e. The first-order chi connectivity index (χ1) is 12.8. The number of thiocarbonyl (C=S) groups is 1. The third-order valence-electron chi connectivity index (χ3n) is 4.53. The Morgan fingerprint density at radius 3 is 2.37 bits per heavy atom. The summed E-state index contributed by atoms with van der Waals surface area (Å²) < 4.78 is 5.04. The van der Waals surface area contributed by atoms with Gasteiger partial charge < -0.3 is 20.3 Å². The van der Waals surface area contributed by atoms with Crippen molar-refractivity contribution in [1.82, 2.24) is 10.2 Å². The van der Waals surface area contributed by atoms with Gasteiger partial charge in [-0.05, 0) is 43.3 Å². The molecule has 0 fully saturated rings. The van der Waals surface area contributed by atoms with Gasteiger partial charge in [-0.15, -0.1) is 0 Å². The summed E-state index contributed by atoms with van der Waals surface area (Å²) in [5.41, 5.74) is 3.03. The minimum absolute atomic E-state index is 0.0401. The van der Waals surface area contributed by atoms with Gasteiger partial charge >= 0.3 is 5.97 Å². The van der Waals surface area contributed by atoms with Gasteiger partial charge in [0.25, 0.3) is 0 Å². The number of anilines is 1. The van der Waals surface area contributed by atoms with Gasteiger partial charge in [-0.2, -0.15) is 0 Å². The predicted molar refractivity (Wildman–Crippen MR) is 110 cm³/mol. The molecule has 1 aromatic rings. The summed E-state index contributed by atoms with van der Waals surface area (Å²) in [6.45, 7) is 8.34. The zero-order valence-corrected chi connectivity index (χ0v) is 17.3. The number of rotatable bonds is 6. The van der Waals surface area contributed by atoms with Crippen LogP contribution in [0.3, 0.4) is 0 Å². The molecule has 0 spiro atoms. The quantitative estimate of drug-likeness (QED) is 0.574. The van der Waals surface area contributed by atoms with Crippen LogP contribution in [0.15, 0.2) is 35.5 Å². The Morgan fingerprint density at radius 2 is 1.89 bits per heavy atom. The van der Waals surface area contributed by atoms with Crippen molar-refractivity contribution in [2.75, 3.05) is 19.0 Å². The molecular weight excluding hydrogens is 362 g/mol. The minimum Gasteiger partial charge on any atom is -0.466 e. The Bertz CT molecular complexity index is 756. The second kappa shape index (κ2) is 8.99. The number of ether oxygens (including phenoxy) is 1.